The monoisotopic (exact) mass is 246 g/mol. The number of methoxy groups -OCH3 is 2. The quantitative estimate of drug-likeness (QED) is 0.622. The molecule has 0 aromatic rings. The topological polar surface area (TPSA) is 102 Å². The SMILES string of the molecule is COCC(N)C(=O)N1CC(OC)CC1C(=O)O. The average Bonchev–Trinajstić information content (AvgIpc) is 2.72. The highest BCUT2D eigenvalue weighted by Crippen LogP contribution is 2.20. The van der Waals surface area contributed by atoms with Crippen LogP contribution in [0.2, 0.25) is 0 Å². The summed E-state index contributed by atoms with van der Waals surface area (Å²) in [6, 6.07) is -1.70. The summed E-state index contributed by atoms with van der Waals surface area (Å²) in [5.74, 6) is -1.46. The van der Waals surface area contributed by atoms with Crippen LogP contribution in [0.25, 0.3) is 0 Å². The third kappa shape index (κ3) is 3.15. The van der Waals surface area contributed by atoms with Crippen LogP contribution in [0, 0.1) is 0 Å². The minimum Gasteiger partial charge on any atom is -0.480 e. The van der Waals surface area contributed by atoms with Crippen LogP contribution in [-0.4, -0.2) is 67.4 Å². The summed E-state index contributed by atoms with van der Waals surface area (Å²) >= 11 is 0. The van der Waals surface area contributed by atoms with E-state index in [0.29, 0.717) is 0 Å². The first-order valence-corrected chi connectivity index (χ1v) is 5.31. The van der Waals surface area contributed by atoms with Crippen molar-refractivity contribution in [1.29, 1.82) is 0 Å². The number of nitrogens with two attached hydrogens (primary N) is 1. The van der Waals surface area contributed by atoms with Crippen LogP contribution in [0.4, 0.5) is 0 Å². The molecule has 3 N–H and O–H groups in total. The Hall–Kier alpha value is -1.18. The maximum atomic E-state index is 11.9. The standard InChI is InChI=1S/C10H18N2O5/c1-16-5-7(11)9(13)12-4-6(17-2)3-8(12)10(14)15/h6-8H,3-5,11H2,1-2H3,(H,14,15). The van der Waals surface area contributed by atoms with Crippen molar-refractivity contribution in [3.05, 3.63) is 0 Å². The molecular weight excluding hydrogens is 228 g/mol. The maximum Gasteiger partial charge on any atom is 0.326 e. The van der Waals surface area contributed by atoms with Gasteiger partial charge in [-0.05, 0) is 0 Å². The molecule has 98 valence electrons. The molecule has 1 heterocycles. The number of carboxylic acids is 1. The first-order chi connectivity index (χ1) is 8.01. The van der Waals surface area contributed by atoms with Gasteiger partial charge in [-0.15, -0.1) is 0 Å². The Kier molecular flexibility index (Phi) is 4.86. The number of rotatable bonds is 5. The molecule has 1 rings (SSSR count). The summed E-state index contributed by atoms with van der Waals surface area (Å²) < 4.78 is 9.86. The first-order valence-electron chi connectivity index (χ1n) is 5.31. The largest absolute Gasteiger partial charge is 0.480 e. The number of amides is 1. The Labute approximate surface area is 99.5 Å². The van der Waals surface area contributed by atoms with Crippen LogP contribution in [0.1, 0.15) is 6.42 Å². The first kappa shape index (κ1) is 13.9. The highest BCUT2D eigenvalue weighted by Gasteiger charge is 2.41. The van der Waals surface area contributed by atoms with Crippen LogP contribution in [0.15, 0.2) is 0 Å². The third-order valence-corrected chi connectivity index (χ3v) is 2.83. The van der Waals surface area contributed by atoms with Crippen LogP contribution < -0.4 is 5.73 Å². The lowest BCUT2D eigenvalue weighted by Crippen LogP contribution is -2.50. The van der Waals surface area contributed by atoms with Crippen LogP contribution in [-0.2, 0) is 19.1 Å². The molecule has 1 saturated heterocycles. The zero-order chi connectivity index (χ0) is 13.0. The molecule has 7 nitrogen and oxygen atoms in total. The third-order valence-electron chi connectivity index (χ3n) is 2.83. The molecule has 1 aliphatic heterocycles. The Morgan fingerprint density at radius 1 is 1.53 bits per heavy atom. The fourth-order valence-electron chi connectivity index (χ4n) is 1.91. The molecular formula is C10H18N2O5. The van der Waals surface area contributed by atoms with Crippen molar-refractivity contribution < 1.29 is 24.2 Å². The van der Waals surface area contributed by atoms with Crippen molar-refractivity contribution in [2.75, 3.05) is 27.4 Å². The highest BCUT2D eigenvalue weighted by atomic mass is 16.5. The molecule has 0 aromatic carbocycles. The van der Waals surface area contributed by atoms with E-state index in [2.05, 4.69) is 0 Å². The molecule has 17 heavy (non-hydrogen) atoms. The van der Waals surface area contributed by atoms with Crippen molar-refractivity contribution in [2.24, 2.45) is 5.73 Å². The second-order valence-corrected chi connectivity index (χ2v) is 4.00. The van der Waals surface area contributed by atoms with E-state index in [-0.39, 0.29) is 25.7 Å². The molecule has 1 aliphatic rings. The van der Waals surface area contributed by atoms with E-state index in [9.17, 15) is 9.59 Å². The molecule has 3 atom stereocenters. The Morgan fingerprint density at radius 2 is 2.18 bits per heavy atom. The van der Waals surface area contributed by atoms with Crippen molar-refractivity contribution in [2.45, 2.75) is 24.6 Å². The fourth-order valence-corrected chi connectivity index (χ4v) is 1.91. The molecule has 0 spiro atoms. The van der Waals surface area contributed by atoms with E-state index in [1.807, 2.05) is 0 Å². The van der Waals surface area contributed by atoms with Gasteiger partial charge >= 0.3 is 5.97 Å². The number of nitrogens with zero attached hydrogens (tertiary/aromatic N) is 1. The number of carbonyl (C=O) groups excluding carboxylic acids is 1. The summed E-state index contributed by atoms with van der Waals surface area (Å²) in [6.45, 7) is 0.322. The van der Waals surface area contributed by atoms with Gasteiger partial charge in [-0.1, -0.05) is 0 Å². The fraction of sp³-hybridized carbons (Fsp3) is 0.800. The van der Waals surface area contributed by atoms with Crippen LogP contribution >= 0.6 is 0 Å². The maximum absolute atomic E-state index is 11.9. The number of hydrogen-bond acceptors (Lipinski definition) is 5. The van der Waals surface area contributed by atoms with E-state index in [1.54, 1.807) is 0 Å². The average molecular weight is 246 g/mol. The van der Waals surface area contributed by atoms with Crippen molar-refractivity contribution in [1.82, 2.24) is 4.90 Å². The van der Waals surface area contributed by atoms with Crippen LogP contribution in [0.3, 0.4) is 0 Å². The van der Waals surface area contributed by atoms with Crippen LogP contribution in [0.5, 0.6) is 0 Å². The predicted octanol–water partition coefficient (Wildman–Crippen LogP) is -1.34. The minimum atomic E-state index is -1.04. The number of aliphatic carboxylic acids is 1. The predicted molar refractivity (Wildman–Crippen MR) is 58.4 cm³/mol. The molecule has 3 unspecified atom stereocenters. The number of carboxylic acid groups (broad SMARTS) is 1. The lowest BCUT2D eigenvalue weighted by atomic mass is 10.2. The van der Waals surface area contributed by atoms with Gasteiger partial charge in [0.15, 0.2) is 0 Å². The number of ether oxygens (including phenoxy) is 2. The summed E-state index contributed by atoms with van der Waals surface area (Å²) in [4.78, 5) is 24.2. The van der Waals surface area contributed by atoms with Crippen molar-refractivity contribution in [3.8, 4) is 0 Å². The summed E-state index contributed by atoms with van der Waals surface area (Å²) in [7, 11) is 2.93. The van der Waals surface area contributed by atoms with Gasteiger partial charge in [-0.2, -0.15) is 0 Å². The van der Waals surface area contributed by atoms with E-state index in [0.717, 1.165) is 0 Å². The molecule has 0 bridgehead atoms. The highest BCUT2D eigenvalue weighted by molar-refractivity contribution is 5.87. The smallest absolute Gasteiger partial charge is 0.326 e. The number of likely N-dealkylation sites (tertiary alicyclic amines) is 1. The summed E-state index contributed by atoms with van der Waals surface area (Å²) in [6.07, 6.45) is 0.0341. The van der Waals surface area contributed by atoms with E-state index in [1.165, 1.54) is 19.1 Å². The Balaban J connectivity index is 2.72. The van der Waals surface area contributed by atoms with E-state index in [4.69, 9.17) is 20.3 Å². The van der Waals surface area contributed by atoms with Gasteiger partial charge in [0.25, 0.3) is 0 Å². The summed E-state index contributed by atoms with van der Waals surface area (Å²) in [5, 5.41) is 9.04. The van der Waals surface area contributed by atoms with Gasteiger partial charge in [-0.3, -0.25) is 4.79 Å². The molecule has 0 radical (unpaired) electrons. The Morgan fingerprint density at radius 3 is 2.65 bits per heavy atom. The zero-order valence-electron chi connectivity index (χ0n) is 9.96. The molecule has 0 aliphatic carbocycles. The normalized spacial score (nSPS) is 25.9. The molecule has 7 heteroatoms. The van der Waals surface area contributed by atoms with Crippen molar-refractivity contribution in [3.63, 3.8) is 0 Å². The van der Waals surface area contributed by atoms with E-state index < -0.39 is 24.0 Å². The second kappa shape index (κ2) is 5.95. The van der Waals surface area contributed by atoms with Crippen molar-refractivity contribution >= 4 is 11.9 Å². The van der Waals surface area contributed by atoms with Gasteiger partial charge in [0.05, 0.1) is 12.7 Å². The van der Waals surface area contributed by atoms with Gasteiger partial charge in [0, 0.05) is 27.2 Å². The molecule has 1 fully saturated rings. The molecule has 1 amide bonds. The second-order valence-electron chi connectivity index (χ2n) is 4.00. The molecule has 0 aromatic heterocycles. The number of carbonyl (C=O) groups is 2. The van der Waals surface area contributed by atoms with Gasteiger partial charge in [0.1, 0.15) is 12.1 Å². The van der Waals surface area contributed by atoms with Gasteiger partial charge < -0.3 is 25.2 Å². The lowest BCUT2D eigenvalue weighted by Gasteiger charge is -2.24. The Bertz CT molecular complexity index is 296. The van der Waals surface area contributed by atoms with Gasteiger partial charge in [0.2, 0.25) is 5.91 Å². The van der Waals surface area contributed by atoms with E-state index >= 15 is 0 Å². The summed E-state index contributed by atoms with van der Waals surface area (Å²) in [5.41, 5.74) is 5.61. The zero-order valence-corrected chi connectivity index (χ0v) is 9.96. The van der Waals surface area contributed by atoms with Gasteiger partial charge in [-0.25, -0.2) is 4.79 Å². The number of hydrogen-bond donors (Lipinski definition) is 2. The lowest BCUT2D eigenvalue weighted by molar-refractivity contribution is -0.149. The molecule has 0 saturated carbocycles. The minimum absolute atomic E-state index is 0.0688.